The highest BCUT2D eigenvalue weighted by Gasteiger charge is 2.11. The molecule has 1 aromatic carbocycles. The summed E-state index contributed by atoms with van der Waals surface area (Å²) < 4.78 is 17.5. The molecule has 0 spiro atoms. The summed E-state index contributed by atoms with van der Waals surface area (Å²) >= 11 is 5.66. The molecule has 4 heteroatoms. The molecule has 0 aliphatic carbocycles. The van der Waals surface area contributed by atoms with Crippen LogP contribution in [0.25, 0.3) is 0 Å². The van der Waals surface area contributed by atoms with Gasteiger partial charge in [-0.3, -0.25) is 0 Å². The van der Waals surface area contributed by atoms with Gasteiger partial charge in [0.25, 0.3) is 0 Å². The molecule has 0 fully saturated rings. The SMILES string of the molecule is CCCOC(=O)c1ccc(F)cc1Cl. The molecule has 76 valence electrons. The quantitative estimate of drug-likeness (QED) is 0.726. The number of carbonyl (C=O) groups is 1. The summed E-state index contributed by atoms with van der Waals surface area (Å²) in [6, 6.07) is 3.58. The highest BCUT2D eigenvalue weighted by atomic mass is 35.5. The Hall–Kier alpha value is -1.09. The zero-order valence-corrected chi connectivity index (χ0v) is 8.47. The van der Waals surface area contributed by atoms with E-state index in [1.165, 1.54) is 12.1 Å². The van der Waals surface area contributed by atoms with Crippen LogP contribution in [0.1, 0.15) is 23.7 Å². The minimum atomic E-state index is -0.517. The van der Waals surface area contributed by atoms with E-state index in [4.69, 9.17) is 16.3 Å². The number of halogens is 2. The summed E-state index contributed by atoms with van der Waals surface area (Å²) in [6.45, 7) is 2.23. The third-order valence-electron chi connectivity index (χ3n) is 1.59. The van der Waals surface area contributed by atoms with Crippen LogP contribution >= 0.6 is 11.6 Å². The van der Waals surface area contributed by atoms with Crippen molar-refractivity contribution in [1.29, 1.82) is 0 Å². The normalized spacial score (nSPS) is 9.93. The van der Waals surface area contributed by atoms with Gasteiger partial charge in [-0.25, -0.2) is 9.18 Å². The number of esters is 1. The number of rotatable bonds is 3. The number of hydrogen-bond acceptors (Lipinski definition) is 2. The topological polar surface area (TPSA) is 26.3 Å². The first kappa shape index (κ1) is 11.0. The van der Waals surface area contributed by atoms with Gasteiger partial charge in [0, 0.05) is 0 Å². The Morgan fingerprint density at radius 2 is 2.29 bits per heavy atom. The van der Waals surface area contributed by atoms with Gasteiger partial charge in [0.2, 0.25) is 0 Å². The molecule has 0 aliphatic heterocycles. The van der Waals surface area contributed by atoms with Crippen LogP contribution in [0.2, 0.25) is 5.02 Å². The van der Waals surface area contributed by atoms with E-state index >= 15 is 0 Å². The van der Waals surface area contributed by atoms with Gasteiger partial charge >= 0.3 is 5.97 Å². The first-order valence-corrected chi connectivity index (χ1v) is 4.65. The van der Waals surface area contributed by atoms with E-state index in [1.807, 2.05) is 6.92 Å². The fourth-order valence-corrected chi connectivity index (χ4v) is 1.17. The molecule has 0 radical (unpaired) electrons. The molecule has 0 saturated carbocycles. The van der Waals surface area contributed by atoms with Gasteiger partial charge in [-0.2, -0.15) is 0 Å². The van der Waals surface area contributed by atoms with Gasteiger partial charge in [0.15, 0.2) is 0 Å². The molecule has 0 heterocycles. The van der Waals surface area contributed by atoms with Crippen LogP contribution in [-0.4, -0.2) is 12.6 Å². The van der Waals surface area contributed by atoms with E-state index in [2.05, 4.69) is 0 Å². The van der Waals surface area contributed by atoms with Gasteiger partial charge in [-0.05, 0) is 24.6 Å². The summed E-state index contributed by atoms with van der Waals surface area (Å²) in [4.78, 5) is 11.3. The third-order valence-corrected chi connectivity index (χ3v) is 1.90. The number of ether oxygens (including phenoxy) is 1. The van der Waals surface area contributed by atoms with E-state index in [0.29, 0.717) is 6.61 Å². The average molecular weight is 217 g/mol. The van der Waals surface area contributed by atoms with Crippen molar-refractivity contribution in [3.8, 4) is 0 Å². The predicted molar refractivity (Wildman–Crippen MR) is 52.0 cm³/mol. The third kappa shape index (κ3) is 2.70. The Kier molecular flexibility index (Phi) is 3.89. The summed E-state index contributed by atoms with van der Waals surface area (Å²) in [5.74, 6) is -0.987. The van der Waals surface area contributed by atoms with Crippen LogP contribution in [-0.2, 0) is 4.74 Å². The van der Waals surface area contributed by atoms with E-state index in [1.54, 1.807) is 0 Å². The van der Waals surface area contributed by atoms with Crippen LogP contribution in [0.15, 0.2) is 18.2 Å². The largest absolute Gasteiger partial charge is 0.462 e. The fraction of sp³-hybridized carbons (Fsp3) is 0.300. The molecule has 0 saturated heterocycles. The second-order valence-electron chi connectivity index (χ2n) is 2.76. The highest BCUT2D eigenvalue weighted by Crippen LogP contribution is 2.18. The molecule has 0 unspecified atom stereocenters. The highest BCUT2D eigenvalue weighted by molar-refractivity contribution is 6.33. The number of benzene rings is 1. The van der Waals surface area contributed by atoms with E-state index in [0.717, 1.165) is 12.5 Å². The maximum Gasteiger partial charge on any atom is 0.339 e. The van der Waals surface area contributed by atoms with Crippen LogP contribution in [0, 0.1) is 5.82 Å². The zero-order valence-electron chi connectivity index (χ0n) is 7.72. The molecule has 1 rings (SSSR count). The van der Waals surface area contributed by atoms with Gasteiger partial charge < -0.3 is 4.74 Å². The van der Waals surface area contributed by atoms with Gasteiger partial charge in [0.05, 0.1) is 17.2 Å². The lowest BCUT2D eigenvalue weighted by atomic mass is 10.2. The Morgan fingerprint density at radius 3 is 2.86 bits per heavy atom. The lowest BCUT2D eigenvalue weighted by Gasteiger charge is -2.04. The molecule has 0 aromatic heterocycles. The van der Waals surface area contributed by atoms with Crippen molar-refractivity contribution in [2.24, 2.45) is 0 Å². The fourth-order valence-electron chi connectivity index (χ4n) is 0.928. The maximum atomic E-state index is 12.6. The van der Waals surface area contributed by atoms with Gasteiger partial charge in [0.1, 0.15) is 5.82 Å². The molecule has 2 nitrogen and oxygen atoms in total. The van der Waals surface area contributed by atoms with Crippen LogP contribution in [0.4, 0.5) is 4.39 Å². The van der Waals surface area contributed by atoms with E-state index < -0.39 is 11.8 Å². The smallest absolute Gasteiger partial charge is 0.339 e. The Balaban J connectivity index is 2.80. The van der Waals surface area contributed by atoms with E-state index in [9.17, 15) is 9.18 Å². The lowest BCUT2D eigenvalue weighted by Crippen LogP contribution is -2.06. The van der Waals surface area contributed by atoms with Gasteiger partial charge in [-0.1, -0.05) is 18.5 Å². The van der Waals surface area contributed by atoms with Crippen molar-refractivity contribution in [1.82, 2.24) is 0 Å². The zero-order chi connectivity index (χ0) is 10.6. The van der Waals surface area contributed by atoms with Crippen molar-refractivity contribution in [3.63, 3.8) is 0 Å². The molecule has 0 atom stereocenters. The molecule has 0 amide bonds. The monoisotopic (exact) mass is 216 g/mol. The lowest BCUT2D eigenvalue weighted by molar-refractivity contribution is 0.0505. The standard InChI is InChI=1S/C10H10ClFO2/c1-2-5-14-10(13)8-4-3-7(12)6-9(8)11/h3-4,6H,2,5H2,1H3. The molecular formula is C10H10ClFO2. The van der Waals surface area contributed by atoms with Crippen molar-refractivity contribution in [2.45, 2.75) is 13.3 Å². The van der Waals surface area contributed by atoms with Crippen molar-refractivity contribution in [2.75, 3.05) is 6.61 Å². The van der Waals surface area contributed by atoms with Crippen LogP contribution in [0.5, 0.6) is 0 Å². The first-order valence-electron chi connectivity index (χ1n) is 4.27. The molecule has 0 N–H and O–H groups in total. The molecular weight excluding hydrogens is 207 g/mol. The minimum Gasteiger partial charge on any atom is -0.462 e. The number of hydrogen-bond donors (Lipinski definition) is 0. The van der Waals surface area contributed by atoms with Crippen molar-refractivity contribution < 1.29 is 13.9 Å². The molecule has 14 heavy (non-hydrogen) atoms. The molecule has 1 aromatic rings. The predicted octanol–water partition coefficient (Wildman–Crippen LogP) is 3.05. The Labute approximate surface area is 86.6 Å². The Bertz CT molecular complexity index is 339. The first-order chi connectivity index (χ1) is 6.65. The van der Waals surface area contributed by atoms with Crippen molar-refractivity contribution >= 4 is 17.6 Å². The summed E-state index contributed by atoms with van der Waals surface area (Å²) in [7, 11) is 0. The summed E-state index contributed by atoms with van der Waals surface area (Å²) in [5.41, 5.74) is 0.196. The molecule has 0 aliphatic rings. The maximum absolute atomic E-state index is 12.6. The van der Waals surface area contributed by atoms with Crippen molar-refractivity contribution in [3.05, 3.63) is 34.6 Å². The van der Waals surface area contributed by atoms with E-state index in [-0.39, 0.29) is 10.6 Å². The summed E-state index contributed by atoms with van der Waals surface area (Å²) in [6.07, 6.45) is 0.741. The van der Waals surface area contributed by atoms with Gasteiger partial charge in [-0.15, -0.1) is 0 Å². The number of carbonyl (C=O) groups excluding carboxylic acids is 1. The minimum absolute atomic E-state index is 0.0751. The second-order valence-corrected chi connectivity index (χ2v) is 3.17. The average Bonchev–Trinajstić information content (AvgIpc) is 2.14. The molecule has 0 bridgehead atoms. The van der Waals surface area contributed by atoms with Crippen LogP contribution in [0.3, 0.4) is 0 Å². The van der Waals surface area contributed by atoms with Crippen LogP contribution < -0.4 is 0 Å². The second kappa shape index (κ2) is 4.96. The Morgan fingerprint density at radius 1 is 1.57 bits per heavy atom. The summed E-state index contributed by atoms with van der Waals surface area (Å²) in [5, 5.41) is 0.0751.